The molecule has 1 N–H and O–H groups in total. The second-order valence-corrected chi connectivity index (χ2v) is 5.87. The van der Waals surface area contributed by atoms with Crippen molar-refractivity contribution in [3.63, 3.8) is 0 Å². The van der Waals surface area contributed by atoms with E-state index in [2.05, 4.69) is 41.4 Å². The van der Waals surface area contributed by atoms with Gasteiger partial charge in [-0.3, -0.25) is 0 Å². The molecule has 0 aromatic heterocycles. The maximum Gasteiger partial charge on any atom is 0.0208 e. The number of nitrogens with zero attached hydrogens (tertiary/aromatic N) is 1. The third-order valence-electron chi connectivity index (χ3n) is 4.60. The van der Waals surface area contributed by atoms with Gasteiger partial charge in [-0.1, -0.05) is 30.7 Å². The third-order valence-corrected chi connectivity index (χ3v) is 4.60. The molecule has 0 saturated carbocycles. The summed E-state index contributed by atoms with van der Waals surface area (Å²) >= 11 is 0. The number of likely N-dealkylation sites (tertiary alicyclic amines) is 1. The van der Waals surface area contributed by atoms with Crippen molar-refractivity contribution in [2.75, 3.05) is 19.6 Å². The summed E-state index contributed by atoms with van der Waals surface area (Å²) < 4.78 is 0. The SMILES string of the molecule is CC1CCCCN1CC1CNCc2ccccc21. The van der Waals surface area contributed by atoms with Crippen molar-refractivity contribution < 1.29 is 0 Å². The van der Waals surface area contributed by atoms with Crippen molar-refractivity contribution >= 4 is 0 Å². The lowest BCUT2D eigenvalue weighted by Gasteiger charge is -2.37. The first-order valence-corrected chi connectivity index (χ1v) is 7.37. The normalized spacial score (nSPS) is 28.9. The van der Waals surface area contributed by atoms with Crippen molar-refractivity contribution in [3.05, 3.63) is 35.4 Å². The summed E-state index contributed by atoms with van der Waals surface area (Å²) in [5.74, 6) is 0.676. The molecular weight excluding hydrogens is 220 g/mol. The molecule has 0 spiro atoms. The van der Waals surface area contributed by atoms with Gasteiger partial charge in [0.25, 0.3) is 0 Å². The summed E-state index contributed by atoms with van der Waals surface area (Å²) in [6, 6.07) is 9.72. The number of piperidine rings is 1. The molecule has 0 bridgehead atoms. The summed E-state index contributed by atoms with van der Waals surface area (Å²) in [5, 5.41) is 3.57. The van der Waals surface area contributed by atoms with E-state index < -0.39 is 0 Å². The zero-order valence-electron chi connectivity index (χ0n) is 11.4. The highest BCUT2D eigenvalue weighted by molar-refractivity contribution is 5.33. The van der Waals surface area contributed by atoms with E-state index in [-0.39, 0.29) is 0 Å². The second kappa shape index (κ2) is 5.41. The van der Waals surface area contributed by atoms with Crippen LogP contribution in [0.1, 0.15) is 43.2 Å². The molecule has 1 saturated heterocycles. The number of fused-ring (bicyclic) bond motifs is 1. The van der Waals surface area contributed by atoms with E-state index in [1.807, 2.05) is 0 Å². The predicted octanol–water partition coefficient (Wildman–Crippen LogP) is 2.75. The van der Waals surface area contributed by atoms with E-state index >= 15 is 0 Å². The Balaban J connectivity index is 1.73. The fourth-order valence-corrected chi connectivity index (χ4v) is 3.46. The Labute approximate surface area is 110 Å². The van der Waals surface area contributed by atoms with Gasteiger partial charge in [0.1, 0.15) is 0 Å². The number of benzene rings is 1. The minimum atomic E-state index is 0.676. The molecule has 2 aliphatic heterocycles. The summed E-state index contributed by atoms with van der Waals surface area (Å²) in [6.45, 7) is 7.09. The first-order valence-electron chi connectivity index (χ1n) is 7.37. The average molecular weight is 244 g/mol. The minimum absolute atomic E-state index is 0.676. The summed E-state index contributed by atoms with van der Waals surface area (Å²) in [4.78, 5) is 2.69. The molecule has 1 aromatic carbocycles. The lowest BCUT2D eigenvalue weighted by molar-refractivity contribution is 0.148. The molecule has 2 unspecified atom stereocenters. The van der Waals surface area contributed by atoms with Gasteiger partial charge in [-0.2, -0.15) is 0 Å². The zero-order chi connectivity index (χ0) is 12.4. The number of rotatable bonds is 2. The van der Waals surface area contributed by atoms with Crippen LogP contribution >= 0.6 is 0 Å². The molecule has 2 heterocycles. The topological polar surface area (TPSA) is 15.3 Å². The first kappa shape index (κ1) is 12.2. The Kier molecular flexibility index (Phi) is 3.67. The maximum atomic E-state index is 3.57. The van der Waals surface area contributed by atoms with Crippen molar-refractivity contribution in [1.29, 1.82) is 0 Å². The Bertz CT molecular complexity index is 402. The summed E-state index contributed by atoms with van der Waals surface area (Å²) in [5.41, 5.74) is 3.08. The molecule has 0 aliphatic carbocycles. The molecule has 2 atom stereocenters. The second-order valence-electron chi connectivity index (χ2n) is 5.87. The highest BCUT2D eigenvalue weighted by atomic mass is 15.2. The lowest BCUT2D eigenvalue weighted by atomic mass is 9.89. The van der Waals surface area contributed by atoms with Crippen molar-refractivity contribution in [2.24, 2.45) is 0 Å². The lowest BCUT2D eigenvalue weighted by Crippen LogP contribution is -2.43. The third kappa shape index (κ3) is 2.45. The smallest absolute Gasteiger partial charge is 0.0208 e. The standard InChI is InChI=1S/C16H24N2/c1-13-6-4-5-9-18(13)12-15-11-17-10-14-7-2-3-8-16(14)15/h2-3,7-8,13,15,17H,4-6,9-12H2,1H3. The van der Waals surface area contributed by atoms with Crippen LogP contribution in [0.4, 0.5) is 0 Å². The molecule has 98 valence electrons. The van der Waals surface area contributed by atoms with Gasteiger partial charge in [-0.15, -0.1) is 0 Å². The van der Waals surface area contributed by atoms with E-state index in [0.29, 0.717) is 5.92 Å². The molecule has 1 fully saturated rings. The molecular formula is C16H24N2. The van der Waals surface area contributed by atoms with Crippen LogP contribution in [-0.2, 0) is 6.54 Å². The van der Waals surface area contributed by atoms with Crippen LogP contribution < -0.4 is 5.32 Å². The Morgan fingerprint density at radius 1 is 1.28 bits per heavy atom. The van der Waals surface area contributed by atoms with Crippen LogP contribution in [0, 0.1) is 0 Å². The summed E-state index contributed by atoms with van der Waals surface area (Å²) in [6.07, 6.45) is 4.17. The van der Waals surface area contributed by atoms with Gasteiger partial charge >= 0.3 is 0 Å². The predicted molar refractivity (Wildman–Crippen MR) is 75.8 cm³/mol. The van der Waals surface area contributed by atoms with Crippen molar-refractivity contribution in [2.45, 2.75) is 44.7 Å². The fourth-order valence-electron chi connectivity index (χ4n) is 3.46. The maximum absolute atomic E-state index is 3.57. The van der Waals surface area contributed by atoms with Gasteiger partial charge in [-0.05, 0) is 37.4 Å². The molecule has 0 amide bonds. The molecule has 18 heavy (non-hydrogen) atoms. The highest BCUT2D eigenvalue weighted by Gasteiger charge is 2.25. The monoisotopic (exact) mass is 244 g/mol. The first-order chi connectivity index (χ1) is 8.84. The Hall–Kier alpha value is -0.860. The van der Waals surface area contributed by atoms with Crippen molar-refractivity contribution in [1.82, 2.24) is 10.2 Å². The average Bonchev–Trinajstić information content (AvgIpc) is 2.42. The molecule has 3 rings (SSSR count). The van der Waals surface area contributed by atoms with E-state index in [0.717, 1.165) is 19.1 Å². The van der Waals surface area contributed by atoms with E-state index in [1.165, 1.54) is 37.9 Å². The van der Waals surface area contributed by atoms with Gasteiger partial charge < -0.3 is 10.2 Å². The van der Waals surface area contributed by atoms with Gasteiger partial charge in [0, 0.05) is 31.6 Å². The number of hydrogen-bond donors (Lipinski definition) is 1. The van der Waals surface area contributed by atoms with Crippen LogP contribution in [0.15, 0.2) is 24.3 Å². The van der Waals surface area contributed by atoms with Gasteiger partial charge in [0.2, 0.25) is 0 Å². The Morgan fingerprint density at radius 3 is 3.06 bits per heavy atom. The van der Waals surface area contributed by atoms with Gasteiger partial charge in [0.05, 0.1) is 0 Å². The van der Waals surface area contributed by atoms with Crippen LogP contribution in [0.3, 0.4) is 0 Å². The summed E-state index contributed by atoms with van der Waals surface area (Å²) in [7, 11) is 0. The molecule has 0 radical (unpaired) electrons. The zero-order valence-corrected chi connectivity index (χ0v) is 11.4. The van der Waals surface area contributed by atoms with E-state index in [1.54, 1.807) is 5.56 Å². The van der Waals surface area contributed by atoms with Crippen LogP contribution in [-0.4, -0.2) is 30.6 Å². The van der Waals surface area contributed by atoms with E-state index in [9.17, 15) is 0 Å². The minimum Gasteiger partial charge on any atom is -0.312 e. The van der Waals surface area contributed by atoms with Crippen LogP contribution in [0.2, 0.25) is 0 Å². The van der Waals surface area contributed by atoms with E-state index in [4.69, 9.17) is 0 Å². The molecule has 2 aliphatic rings. The van der Waals surface area contributed by atoms with Gasteiger partial charge in [0.15, 0.2) is 0 Å². The van der Waals surface area contributed by atoms with Crippen LogP contribution in [0.25, 0.3) is 0 Å². The van der Waals surface area contributed by atoms with Crippen molar-refractivity contribution in [3.8, 4) is 0 Å². The molecule has 2 nitrogen and oxygen atoms in total. The number of hydrogen-bond acceptors (Lipinski definition) is 2. The van der Waals surface area contributed by atoms with Crippen LogP contribution in [0.5, 0.6) is 0 Å². The number of nitrogens with one attached hydrogen (secondary N) is 1. The highest BCUT2D eigenvalue weighted by Crippen LogP contribution is 2.27. The fraction of sp³-hybridized carbons (Fsp3) is 0.625. The molecule has 1 aromatic rings. The Morgan fingerprint density at radius 2 is 2.17 bits per heavy atom. The quantitative estimate of drug-likeness (QED) is 0.860. The molecule has 2 heteroatoms. The van der Waals surface area contributed by atoms with Gasteiger partial charge in [-0.25, -0.2) is 0 Å². The largest absolute Gasteiger partial charge is 0.312 e.